The van der Waals surface area contributed by atoms with Crippen molar-refractivity contribution in [2.24, 2.45) is 5.73 Å². The van der Waals surface area contributed by atoms with Crippen molar-refractivity contribution in [2.45, 2.75) is 24.9 Å². The molecule has 0 saturated heterocycles. The molecule has 0 aliphatic heterocycles. The topological polar surface area (TPSA) is 98.0 Å². The maximum absolute atomic E-state index is 12.2. The highest BCUT2D eigenvalue weighted by Gasteiger charge is 2.18. The Morgan fingerprint density at radius 3 is 2.70 bits per heavy atom. The third kappa shape index (κ3) is 3.38. The maximum Gasteiger partial charge on any atom is 0.242 e. The summed E-state index contributed by atoms with van der Waals surface area (Å²) in [6.07, 6.45) is 3.16. The Morgan fingerprint density at radius 1 is 1.25 bits per heavy atom. The van der Waals surface area contributed by atoms with Crippen LogP contribution in [0.2, 0.25) is 0 Å². The van der Waals surface area contributed by atoms with E-state index in [0.717, 1.165) is 11.3 Å². The van der Waals surface area contributed by atoms with Gasteiger partial charge in [0.05, 0.1) is 5.69 Å². The van der Waals surface area contributed by atoms with Crippen molar-refractivity contribution in [3.8, 4) is 0 Å². The number of aromatic nitrogens is 2. The molecule has 0 aliphatic rings. The van der Waals surface area contributed by atoms with E-state index in [2.05, 4.69) is 14.7 Å². The normalized spacial score (nSPS) is 11.5. The summed E-state index contributed by atoms with van der Waals surface area (Å²) < 4.78 is 27.0. The fraction of sp³-hybridized carbons (Fsp3) is 0.231. The monoisotopic (exact) mass is 292 g/mol. The molecule has 0 radical (unpaired) electrons. The van der Waals surface area contributed by atoms with E-state index in [9.17, 15) is 8.42 Å². The van der Waals surface area contributed by atoms with Gasteiger partial charge < -0.3 is 5.73 Å². The van der Waals surface area contributed by atoms with Gasteiger partial charge in [0.15, 0.2) is 0 Å². The molecule has 3 N–H and O–H groups in total. The molecule has 0 fully saturated rings. The molecular formula is C13H16N4O2S. The first-order valence-electron chi connectivity index (χ1n) is 6.08. The summed E-state index contributed by atoms with van der Waals surface area (Å²) in [7, 11) is -3.63. The Balaban J connectivity index is 2.17. The first-order valence-corrected chi connectivity index (χ1v) is 7.56. The van der Waals surface area contributed by atoms with E-state index in [1.165, 1.54) is 12.3 Å². The lowest BCUT2D eigenvalue weighted by Crippen LogP contribution is -2.25. The zero-order valence-corrected chi connectivity index (χ0v) is 11.9. The fourth-order valence-electron chi connectivity index (χ4n) is 1.68. The first kappa shape index (κ1) is 14.6. The lowest BCUT2D eigenvalue weighted by molar-refractivity contribution is 0.579. The van der Waals surface area contributed by atoms with Crippen molar-refractivity contribution in [1.82, 2.24) is 14.7 Å². The van der Waals surface area contributed by atoms with Gasteiger partial charge >= 0.3 is 0 Å². The minimum Gasteiger partial charge on any atom is -0.325 e. The van der Waals surface area contributed by atoms with Crippen molar-refractivity contribution >= 4 is 10.0 Å². The molecule has 6 nitrogen and oxygen atoms in total. The van der Waals surface area contributed by atoms with Gasteiger partial charge in [-0.3, -0.25) is 9.97 Å². The molecule has 106 valence electrons. The number of nitrogens with two attached hydrogens (primary N) is 1. The van der Waals surface area contributed by atoms with Crippen molar-refractivity contribution in [2.75, 3.05) is 0 Å². The molecule has 0 atom stereocenters. The zero-order valence-electron chi connectivity index (χ0n) is 11.1. The van der Waals surface area contributed by atoms with Crippen LogP contribution in [0.5, 0.6) is 0 Å². The number of rotatable bonds is 5. The van der Waals surface area contributed by atoms with Gasteiger partial charge in [-0.1, -0.05) is 6.07 Å². The Labute approximate surface area is 118 Å². The van der Waals surface area contributed by atoms with E-state index in [-0.39, 0.29) is 18.0 Å². The molecular weight excluding hydrogens is 276 g/mol. The molecule has 2 heterocycles. The Morgan fingerprint density at radius 2 is 2.05 bits per heavy atom. The molecule has 0 unspecified atom stereocenters. The number of aryl methyl sites for hydroxylation is 1. The van der Waals surface area contributed by atoms with Crippen LogP contribution in [0.4, 0.5) is 0 Å². The van der Waals surface area contributed by atoms with Gasteiger partial charge in [0.2, 0.25) is 10.0 Å². The second-order valence-electron chi connectivity index (χ2n) is 4.28. The van der Waals surface area contributed by atoms with Gasteiger partial charge in [-0.15, -0.1) is 0 Å². The third-order valence-corrected chi connectivity index (χ3v) is 4.25. The van der Waals surface area contributed by atoms with Crippen molar-refractivity contribution in [1.29, 1.82) is 0 Å². The van der Waals surface area contributed by atoms with Gasteiger partial charge in [0, 0.05) is 31.2 Å². The average molecular weight is 292 g/mol. The van der Waals surface area contributed by atoms with Crippen LogP contribution in [0, 0.1) is 6.92 Å². The molecule has 20 heavy (non-hydrogen) atoms. The predicted molar refractivity (Wildman–Crippen MR) is 75.1 cm³/mol. The predicted octanol–water partition coefficient (Wildman–Crippen LogP) is 0.722. The fourth-order valence-corrected chi connectivity index (χ4v) is 2.90. The molecule has 0 aliphatic carbocycles. The van der Waals surface area contributed by atoms with E-state index >= 15 is 0 Å². The third-order valence-electron chi connectivity index (χ3n) is 2.77. The highest BCUT2D eigenvalue weighted by Crippen LogP contribution is 2.12. The van der Waals surface area contributed by atoms with Crippen molar-refractivity contribution in [3.05, 3.63) is 53.6 Å². The molecule has 2 rings (SSSR count). The molecule has 0 bridgehead atoms. The molecule has 0 aromatic carbocycles. The quantitative estimate of drug-likeness (QED) is 0.846. The summed E-state index contributed by atoms with van der Waals surface area (Å²) in [5.74, 6) is 0. The van der Waals surface area contributed by atoms with Gasteiger partial charge in [-0.05, 0) is 30.7 Å². The van der Waals surface area contributed by atoms with Crippen LogP contribution in [0.3, 0.4) is 0 Å². The summed E-state index contributed by atoms with van der Waals surface area (Å²) in [4.78, 5) is 8.21. The summed E-state index contributed by atoms with van der Waals surface area (Å²) in [5, 5.41) is 0. The number of pyridine rings is 2. The largest absolute Gasteiger partial charge is 0.325 e. The van der Waals surface area contributed by atoms with E-state index in [4.69, 9.17) is 5.73 Å². The van der Waals surface area contributed by atoms with Crippen LogP contribution in [-0.4, -0.2) is 18.4 Å². The van der Waals surface area contributed by atoms with E-state index < -0.39 is 10.0 Å². The molecule has 0 spiro atoms. The first-order chi connectivity index (χ1) is 9.53. The summed E-state index contributed by atoms with van der Waals surface area (Å²) in [6, 6.07) is 6.73. The van der Waals surface area contributed by atoms with Gasteiger partial charge in [-0.25, -0.2) is 13.1 Å². The number of nitrogens with zero attached hydrogens (tertiary/aromatic N) is 2. The van der Waals surface area contributed by atoms with E-state index in [1.807, 2.05) is 19.1 Å². The minimum absolute atomic E-state index is 0.0726. The Kier molecular flexibility index (Phi) is 4.43. The summed E-state index contributed by atoms with van der Waals surface area (Å²) >= 11 is 0. The number of sulfonamides is 1. The standard InChI is InChI=1S/C13H16N4O2S/c1-10-4-5-11(8-16-10)9-17-20(18,19)13-3-2-6-15-12(13)7-14/h2-6,8,17H,7,9,14H2,1H3. The SMILES string of the molecule is Cc1ccc(CNS(=O)(=O)c2cccnc2CN)cn1. The molecule has 2 aromatic heterocycles. The molecule has 0 saturated carbocycles. The smallest absolute Gasteiger partial charge is 0.242 e. The molecule has 2 aromatic rings. The van der Waals surface area contributed by atoms with Crippen LogP contribution in [0.25, 0.3) is 0 Å². The highest BCUT2D eigenvalue weighted by atomic mass is 32.2. The second-order valence-corrected chi connectivity index (χ2v) is 6.02. The summed E-state index contributed by atoms with van der Waals surface area (Å²) in [6.45, 7) is 2.12. The molecule has 0 amide bonds. The van der Waals surface area contributed by atoms with Crippen molar-refractivity contribution < 1.29 is 8.42 Å². The van der Waals surface area contributed by atoms with Crippen molar-refractivity contribution in [3.63, 3.8) is 0 Å². The highest BCUT2D eigenvalue weighted by molar-refractivity contribution is 7.89. The minimum atomic E-state index is -3.63. The number of hydrogen-bond donors (Lipinski definition) is 2. The van der Waals surface area contributed by atoms with Crippen LogP contribution >= 0.6 is 0 Å². The van der Waals surface area contributed by atoms with E-state index in [1.54, 1.807) is 12.3 Å². The lowest BCUT2D eigenvalue weighted by Gasteiger charge is -2.09. The van der Waals surface area contributed by atoms with Crippen LogP contribution in [0.1, 0.15) is 17.0 Å². The second kappa shape index (κ2) is 6.08. The summed E-state index contributed by atoms with van der Waals surface area (Å²) in [5.41, 5.74) is 7.53. The maximum atomic E-state index is 12.2. The van der Waals surface area contributed by atoms with Crippen LogP contribution in [-0.2, 0) is 23.1 Å². The van der Waals surface area contributed by atoms with Crippen LogP contribution in [0.15, 0.2) is 41.6 Å². The zero-order chi connectivity index (χ0) is 14.6. The average Bonchev–Trinajstić information content (AvgIpc) is 2.46. The Hall–Kier alpha value is -1.83. The van der Waals surface area contributed by atoms with Gasteiger partial charge in [-0.2, -0.15) is 0 Å². The van der Waals surface area contributed by atoms with E-state index in [0.29, 0.717) is 5.69 Å². The molecule has 7 heteroatoms. The Bertz CT molecular complexity index is 684. The van der Waals surface area contributed by atoms with Crippen LogP contribution < -0.4 is 10.5 Å². The van der Waals surface area contributed by atoms with Gasteiger partial charge in [0.25, 0.3) is 0 Å². The number of hydrogen-bond acceptors (Lipinski definition) is 5. The van der Waals surface area contributed by atoms with Gasteiger partial charge in [0.1, 0.15) is 4.90 Å². The number of nitrogens with one attached hydrogen (secondary N) is 1. The lowest BCUT2D eigenvalue weighted by atomic mass is 10.2.